The number of methoxy groups -OCH3 is 1. The minimum atomic E-state index is 0.500. The molecule has 5 aliphatic rings. The quantitative estimate of drug-likeness (QED) is 0.351. The predicted octanol–water partition coefficient (Wildman–Crippen LogP) is 7.55. The highest BCUT2D eigenvalue weighted by molar-refractivity contribution is 5.46. The molecule has 0 N–H and O–H groups in total. The summed E-state index contributed by atoms with van der Waals surface area (Å²) in [5.41, 5.74) is 4.31. The molecule has 1 heteroatoms. The molecule has 0 aromatic carbocycles. The fraction of sp³-hybridized carbons (Fsp3) is 0.926. The summed E-state index contributed by atoms with van der Waals surface area (Å²) in [6.07, 6.45) is 20.5. The summed E-state index contributed by atoms with van der Waals surface area (Å²) in [5.74, 6) is 3.06. The molecule has 2 spiro atoms. The first kappa shape index (κ1) is 19.7. The van der Waals surface area contributed by atoms with Crippen molar-refractivity contribution in [2.24, 2.45) is 39.4 Å². The van der Waals surface area contributed by atoms with Crippen molar-refractivity contribution in [1.82, 2.24) is 0 Å². The van der Waals surface area contributed by atoms with Gasteiger partial charge in [-0.2, -0.15) is 0 Å². The van der Waals surface area contributed by atoms with E-state index in [0.717, 1.165) is 17.8 Å². The zero-order valence-electron chi connectivity index (χ0n) is 19.3. The summed E-state index contributed by atoms with van der Waals surface area (Å²) in [6.45, 7) is 9.93. The smallest absolute Gasteiger partial charge is 0.0609 e. The highest BCUT2D eigenvalue weighted by Gasteiger charge is 2.84. The van der Waals surface area contributed by atoms with E-state index in [4.69, 9.17) is 4.74 Å². The average molecular weight is 385 g/mol. The van der Waals surface area contributed by atoms with Crippen LogP contribution in [0, 0.1) is 39.4 Å². The third-order valence-corrected chi connectivity index (χ3v) is 10.7. The molecular weight excluding hydrogens is 340 g/mol. The van der Waals surface area contributed by atoms with E-state index in [1.807, 2.05) is 12.7 Å². The molecule has 7 unspecified atom stereocenters. The van der Waals surface area contributed by atoms with Gasteiger partial charge in [-0.1, -0.05) is 52.2 Å². The molecule has 7 atom stereocenters. The molecule has 0 amide bonds. The number of rotatable bonds is 5. The van der Waals surface area contributed by atoms with Crippen molar-refractivity contribution < 1.29 is 4.74 Å². The first-order valence-electron chi connectivity index (χ1n) is 12.5. The lowest BCUT2D eigenvalue weighted by Gasteiger charge is -2.45. The first-order chi connectivity index (χ1) is 13.3. The largest absolute Gasteiger partial charge is 0.381 e. The Hall–Kier alpha value is -0.300. The molecule has 0 aliphatic heterocycles. The van der Waals surface area contributed by atoms with Gasteiger partial charge in [0.05, 0.1) is 6.10 Å². The first-order valence-corrected chi connectivity index (χ1v) is 12.5. The van der Waals surface area contributed by atoms with Gasteiger partial charge in [0.25, 0.3) is 0 Å². The Morgan fingerprint density at radius 1 is 1.04 bits per heavy atom. The highest BCUT2D eigenvalue weighted by atomic mass is 16.5. The van der Waals surface area contributed by atoms with Crippen molar-refractivity contribution in [2.75, 3.05) is 7.11 Å². The van der Waals surface area contributed by atoms with Gasteiger partial charge in [0.2, 0.25) is 0 Å². The fourth-order valence-corrected chi connectivity index (χ4v) is 9.52. The fourth-order valence-electron chi connectivity index (χ4n) is 9.52. The van der Waals surface area contributed by atoms with Gasteiger partial charge in [-0.15, -0.1) is 0 Å². The van der Waals surface area contributed by atoms with E-state index in [9.17, 15) is 0 Å². The molecule has 0 radical (unpaired) electrons. The zero-order valence-corrected chi connectivity index (χ0v) is 19.3. The van der Waals surface area contributed by atoms with Crippen LogP contribution in [-0.2, 0) is 4.74 Å². The second kappa shape index (κ2) is 6.35. The summed E-state index contributed by atoms with van der Waals surface area (Å²) in [6, 6.07) is 0. The van der Waals surface area contributed by atoms with Gasteiger partial charge < -0.3 is 4.74 Å². The van der Waals surface area contributed by atoms with Crippen molar-refractivity contribution in [3.8, 4) is 0 Å². The van der Waals surface area contributed by atoms with Gasteiger partial charge in [-0.25, -0.2) is 0 Å². The van der Waals surface area contributed by atoms with Gasteiger partial charge in [-0.05, 0) is 98.2 Å². The maximum absolute atomic E-state index is 5.78. The number of unbranched alkanes of at least 4 members (excludes halogenated alkanes) is 1. The molecular formula is C27H44O. The molecule has 0 saturated heterocycles. The van der Waals surface area contributed by atoms with Crippen LogP contribution in [-0.4, -0.2) is 13.2 Å². The highest BCUT2D eigenvalue weighted by Crippen LogP contribution is 2.90. The molecule has 158 valence electrons. The summed E-state index contributed by atoms with van der Waals surface area (Å²) in [7, 11) is 1.92. The van der Waals surface area contributed by atoms with Gasteiger partial charge in [0.15, 0.2) is 0 Å². The van der Waals surface area contributed by atoms with E-state index in [1.165, 1.54) is 77.0 Å². The van der Waals surface area contributed by atoms with Gasteiger partial charge >= 0.3 is 0 Å². The van der Waals surface area contributed by atoms with E-state index in [2.05, 4.69) is 33.8 Å². The summed E-state index contributed by atoms with van der Waals surface area (Å²) < 4.78 is 5.78. The topological polar surface area (TPSA) is 9.23 Å². The SMILES string of the molecule is COC1CCC23C(=CCC24C2CCC(CCCCC(C)(C)C)C2(C)CCC34)C1. The Morgan fingerprint density at radius 3 is 2.61 bits per heavy atom. The normalized spacial score (nSPS) is 49.1. The summed E-state index contributed by atoms with van der Waals surface area (Å²) in [4.78, 5) is 0. The maximum atomic E-state index is 5.78. The minimum Gasteiger partial charge on any atom is -0.381 e. The van der Waals surface area contributed by atoms with E-state index in [0.29, 0.717) is 27.8 Å². The number of hydrogen-bond acceptors (Lipinski definition) is 1. The van der Waals surface area contributed by atoms with Crippen molar-refractivity contribution >= 4 is 0 Å². The van der Waals surface area contributed by atoms with Gasteiger partial charge in [0.1, 0.15) is 0 Å². The van der Waals surface area contributed by atoms with E-state index in [1.54, 1.807) is 0 Å². The Labute approximate surface area is 174 Å². The van der Waals surface area contributed by atoms with Crippen molar-refractivity contribution in [3.05, 3.63) is 11.6 Å². The monoisotopic (exact) mass is 384 g/mol. The van der Waals surface area contributed by atoms with Gasteiger partial charge in [-0.3, -0.25) is 0 Å². The maximum Gasteiger partial charge on any atom is 0.0609 e. The Balaban J connectivity index is 1.30. The van der Waals surface area contributed by atoms with Gasteiger partial charge in [0, 0.05) is 12.5 Å². The lowest BCUT2D eigenvalue weighted by molar-refractivity contribution is 0.0285. The second-order valence-electron chi connectivity index (χ2n) is 12.8. The predicted molar refractivity (Wildman–Crippen MR) is 117 cm³/mol. The lowest BCUT2D eigenvalue weighted by Crippen LogP contribution is -2.39. The Kier molecular flexibility index (Phi) is 4.46. The summed E-state index contributed by atoms with van der Waals surface area (Å²) in [5, 5.41) is 0. The van der Waals surface area contributed by atoms with E-state index >= 15 is 0 Å². The molecule has 5 rings (SSSR count). The van der Waals surface area contributed by atoms with E-state index in [-0.39, 0.29) is 0 Å². The Bertz CT molecular complexity index is 656. The Morgan fingerprint density at radius 2 is 1.86 bits per heavy atom. The van der Waals surface area contributed by atoms with Crippen LogP contribution in [0.1, 0.15) is 105 Å². The van der Waals surface area contributed by atoms with Crippen LogP contribution in [0.4, 0.5) is 0 Å². The third kappa shape index (κ3) is 2.47. The molecule has 28 heavy (non-hydrogen) atoms. The van der Waals surface area contributed by atoms with Crippen LogP contribution in [0.2, 0.25) is 0 Å². The standard InChI is InChI=1S/C27H44O/c1-24(2,3)14-7-6-8-19-9-10-22-25(19,4)15-13-23-26-17-12-21(28-5)18-20(26)11-16-27(22,23)26/h11,19,21-23H,6-10,12-18H2,1-5H3. The number of fused-ring (bicyclic) bond motifs is 1. The van der Waals surface area contributed by atoms with Crippen LogP contribution >= 0.6 is 0 Å². The molecule has 4 fully saturated rings. The molecule has 1 nitrogen and oxygen atoms in total. The number of ether oxygens (including phenoxy) is 1. The van der Waals surface area contributed by atoms with Crippen LogP contribution in [0.5, 0.6) is 0 Å². The number of allylic oxidation sites excluding steroid dienone is 1. The van der Waals surface area contributed by atoms with Crippen molar-refractivity contribution in [3.63, 3.8) is 0 Å². The lowest BCUT2D eigenvalue weighted by atomic mass is 9.59. The molecule has 0 aromatic rings. The molecule has 0 heterocycles. The third-order valence-electron chi connectivity index (χ3n) is 10.7. The molecule has 5 aliphatic carbocycles. The van der Waals surface area contributed by atoms with Crippen LogP contribution in [0.15, 0.2) is 11.6 Å². The minimum absolute atomic E-state index is 0.500. The van der Waals surface area contributed by atoms with Crippen molar-refractivity contribution in [2.45, 2.75) is 111 Å². The van der Waals surface area contributed by atoms with Crippen LogP contribution in [0.3, 0.4) is 0 Å². The second-order valence-corrected chi connectivity index (χ2v) is 12.8. The number of hydrogen-bond donors (Lipinski definition) is 0. The van der Waals surface area contributed by atoms with Crippen molar-refractivity contribution in [1.29, 1.82) is 0 Å². The molecule has 4 saturated carbocycles. The van der Waals surface area contributed by atoms with Crippen LogP contribution in [0.25, 0.3) is 0 Å². The average Bonchev–Trinajstić information content (AvgIpc) is 2.89. The van der Waals surface area contributed by atoms with Crippen LogP contribution < -0.4 is 0 Å². The zero-order chi connectivity index (χ0) is 19.8. The molecule has 0 aromatic heterocycles. The van der Waals surface area contributed by atoms with E-state index < -0.39 is 0 Å². The molecule has 0 bridgehead atoms. The summed E-state index contributed by atoms with van der Waals surface area (Å²) >= 11 is 0.